The number of anilines is 1. The van der Waals surface area contributed by atoms with Gasteiger partial charge >= 0.3 is 0 Å². The van der Waals surface area contributed by atoms with Crippen molar-refractivity contribution in [2.24, 2.45) is 0 Å². The highest BCUT2D eigenvalue weighted by Crippen LogP contribution is 2.28. The molecule has 0 saturated heterocycles. The van der Waals surface area contributed by atoms with E-state index in [1.165, 1.54) is 11.1 Å². The second-order valence-electron chi connectivity index (χ2n) is 5.32. The molecule has 0 spiro atoms. The Balaban J connectivity index is 1.57. The molecule has 0 atom stereocenters. The van der Waals surface area contributed by atoms with E-state index < -0.39 is 0 Å². The van der Waals surface area contributed by atoms with Gasteiger partial charge in [-0.15, -0.1) is 10.2 Å². The Morgan fingerprint density at radius 1 is 1.00 bits per heavy atom. The van der Waals surface area contributed by atoms with E-state index in [2.05, 4.69) is 46.7 Å². The van der Waals surface area contributed by atoms with Crippen LogP contribution in [0.25, 0.3) is 0 Å². The minimum absolute atomic E-state index is 0.0465. The maximum absolute atomic E-state index is 6.21. The summed E-state index contributed by atoms with van der Waals surface area (Å²) in [4.78, 5) is 0. The quantitative estimate of drug-likeness (QED) is 0.429. The van der Waals surface area contributed by atoms with Crippen molar-refractivity contribution in [1.29, 1.82) is 0 Å². The van der Waals surface area contributed by atoms with Gasteiger partial charge in [0.2, 0.25) is 5.13 Å². The molecule has 0 aliphatic carbocycles. The first-order chi connectivity index (χ1) is 12.4. The van der Waals surface area contributed by atoms with E-state index in [0.29, 0.717) is 6.61 Å². The van der Waals surface area contributed by atoms with Crippen LogP contribution in [0.5, 0.6) is 0 Å². The van der Waals surface area contributed by atoms with Gasteiger partial charge in [0.25, 0.3) is 0 Å². The fourth-order valence-electron chi connectivity index (χ4n) is 2.43. The number of thioether (sulfide) groups is 1. The first-order valence-electron chi connectivity index (χ1n) is 8.28. The van der Waals surface area contributed by atoms with Crippen LogP contribution in [-0.2, 0) is 4.74 Å². The van der Waals surface area contributed by atoms with Crippen LogP contribution in [-0.4, -0.2) is 29.1 Å². The first kappa shape index (κ1) is 17.9. The van der Waals surface area contributed by atoms with Gasteiger partial charge in [0.1, 0.15) is 6.10 Å². The van der Waals surface area contributed by atoms with Crippen molar-refractivity contribution in [3.63, 3.8) is 0 Å². The highest BCUT2D eigenvalue weighted by Gasteiger charge is 2.14. The van der Waals surface area contributed by atoms with Crippen molar-refractivity contribution < 1.29 is 4.74 Å². The number of nitrogens with one attached hydrogen (secondary N) is 1. The zero-order valence-corrected chi connectivity index (χ0v) is 15.7. The van der Waals surface area contributed by atoms with Gasteiger partial charge in [-0.1, -0.05) is 83.8 Å². The van der Waals surface area contributed by atoms with Crippen LogP contribution in [0, 0.1) is 0 Å². The van der Waals surface area contributed by atoms with Crippen molar-refractivity contribution in [1.82, 2.24) is 10.2 Å². The summed E-state index contributed by atoms with van der Waals surface area (Å²) in [5.41, 5.74) is 2.34. The number of hydrogen-bond acceptors (Lipinski definition) is 6. The molecule has 4 nitrogen and oxygen atoms in total. The Hall–Kier alpha value is -1.89. The fraction of sp³-hybridized carbons (Fsp3) is 0.263. The van der Waals surface area contributed by atoms with Gasteiger partial charge in [-0.3, -0.25) is 0 Å². The van der Waals surface area contributed by atoms with Gasteiger partial charge in [0.15, 0.2) is 4.34 Å². The first-order valence-corrected chi connectivity index (χ1v) is 10.1. The Labute approximate surface area is 156 Å². The summed E-state index contributed by atoms with van der Waals surface area (Å²) in [6, 6.07) is 20.7. The van der Waals surface area contributed by atoms with Crippen LogP contribution in [0.4, 0.5) is 5.13 Å². The Kier molecular flexibility index (Phi) is 6.85. The molecule has 3 aromatic rings. The molecule has 3 rings (SSSR count). The van der Waals surface area contributed by atoms with E-state index in [1.807, 2.05) is 36.4 Å². The predicted octanol–water partition coefficient (Wildman–Crippen LogP) is 4.87. The maximum Gasteiger partial charge on any atom is 0.206 e. The number of ether oxygens (including phenoxy) is 1. The molecule has 2 aromatic carbocycles. The van der Waals surface area contributed by atoms with Crippen molar-refractivity contribution in [3.8, 4) is 0 Å². The van der Waals surface area contributed by atoms with Crippen LogP contribution < -0.4 is 5.32 Å². The summed E-state index contributed by atoms with van der Waals surface area (Å²) in [7, 11) is 0. The van der Waals surface area contributed by atoms with Gasteiger partial charge in [0, 0.05) is 12.3 Å². The summed E-state index contributed by atoms with van der Waals surface area (Å²) in [6.45, 7) is 3.56. The molecule has 0 aliphatic rings. The van der Waals surface area contributed by atoms with Gasteiger partial charge < -0.3 is 10.1 Å². The van der Waals surface area contributed by atoms with E-state index in [4.69, 9.17) is 4.74 Å². The lowest BCUT2D eigenvalue weighted by atomic mass is 10.0. The third kappa shape index (κ3) is 5.29. The van der Waals surface area contributed by atoms with Crippen molar-refractivity contribution >= 4 is 28.2 Å². The van der Waals surface area contributed by atoms with E-state index in [1.54, 1.807) is 23.1 Å². The average molecular weight is 372 g/mol. The lowest BCUT2D eigenvalue weighted by Gasteiger charge is -2.18. The second kappa shape index (κ2) is 9.56. The monoisotopic (exact) mass is 371 g/mol. The predicted molar refractivity (Wildman–Crippen MR) is 105 cm³/mol. The third-order valence-corrected chi connectivity index (χ3v) is 5.51. The van der Waals surface area contributed by atoms with E-state index in [0.717, 1.165) is 21.8 Å². The molecule has 6 heteroatoms. The van der Waals surface area contributed by atoms with Crippen molar-refractivity contribution in [3.05, 3.63) is 71.8 Å². The molecule has 130 valence electrons. The highest BCUT2D eigenvalue weighted by molar-refractivity contribution is 8.01. The third-order valence-electron chi connectivity index (χ3n) is 3.53. The van der Waals surface area contributed by atoms with Gasteiger partial charge in [-0.2, -0.15) is 0 Å². The number of hydrogen-bond donors (Lipinski definition) is 1. The molecular formula is C19H21N3OS2. The summed E-state index contributed by atoms with van der Waals surface area (Å²) in [5.74, 6) is 0.844. The minimum Gasteiger partial charge on any atom is -0.368 e. The lowest BCUT2D eigenvalue weighted by Crippen LogP contribution is -2.08. The van der Waals surface area contributed by atoms with Crippen LogP contribution in [0.2, 0.25) is 0 Å². The van der Waals surface area contributed by atoms with Crippen LogP contribution >= 0.6 is 23.1 Å². The molecule has 0 radical (unpaired) electrons. The Morgan fingerprint density at radius 2 is 1.64 bits per heavy atom. The zero-order valence-electron chi connectivity index (χ0n) is 14.1. The number of nitrogens with zero attached hydrogens (tertiary/aromatic N) is 2. The van der Waals surface area contributed by atoms with Gasteiger partial charge in [-0.05, 0) is 18.1 Å². The highest BCUT2D eigenvalue weighted by atomic mass is 32.2. The molecule has 1 aromatic heterocycles. The number of aromatic nitrogens is 2. The molecule has 0 aliphatic heterocycles. The fourth-order valence-corrected chi connectivity index (χ4v) is 4.15. The van der Waals surface area contributed by atoms with Crippen LogP contribution in [0.15, 0.2) is 65.0 Å². The zero-order chi connectivity index (χ0) is 17.3. The molecule has 1 N–H and O–H groups in total. The van der Waals surface area contributed by atoms with Crippen molar-refractivity contribution in [2.45, 2.75) is 17.4 Å². The molecule has 1 heterocycles. The Bertz CT molecular complexity index is 710. The van der Waals surface area contributed by atoms with Crippen molar-refractivity contribution in [2.75, 3.05) is 24.2 Å². The smallest absolute Gasteiger partial charge is 0.206 e. The summed E-state index contributed by atoms with van der Waals surface area (Å²) in [5, 5.41) is 12.3. The number of rotatable bonds is 9. The topological polar surface area (TPSA) is 47.0 Å². The molecule has 0 fully saturated rings. The second-order valence-corrected chi connectivity index (χ2v) is 7.64. The lowest BCUT2D eigenvalue weighted by molar-refractivity contribution is 0.0935. The van der Waals surface area contributed by atoms with E-state index >= 15 is 0 Å². The average Bonchev–Trinajstić information content (AvgIpc) is 3.11. The van der Waals surface area contributed by atoms with Gasteiger partial charge in [-0.25, -0.2) is 0 Å². The molecular weight excluding hydrogens is 350 g/mol. The largest absolute Gasteiger partial charge is 0.368 e. The SMILES string of the molecule is CCNc1nnc(SCCOC(c2ccccc2)c2ccccc2)s1. The molecule has 0 amide bonds. The van der Waals surface area contributed by atoms with Crippen LogP contribution in [0.3, 0.4) is 0 Å². The standard InChI is InChI=1S/C19H21N3OS2/c1-2-20-18-21-22-19(25-18)24-14-13-23-17(15-9-5-3-6-10-15)16-11-7-4-8-12-16/h3-12,17H,2,13-14H2,1H3,(H,20,21). The molecule has 0 unspecified atom stereocenters. The summed E-state index contributed by atoms with van der Waals surface area (Å²) >= 11 is 3.26. The molecule has 0 bridgehead atoms. The van der Waals surface area contributed by atoms with E-state index in [9.17, 15) is 0 Å². The Morgan fingerprint density at radius 3 is 2.24 bits per heavy atom. The maximum atomic E-state index is 6.21. The van der Waals surface area contributed by atoms with Gasteiger partial charge in [0.05, 0.1) is 6.61 Å². The normalized spacial score (nSPS) is 11.0. The summed E-state index contributed by atoms with van der Waals surface area (Å²) < 4.78 is 7.18. The molecule has 0 saturated carbocycles. The minimum atomic E-state index is -0.0465. The van der Waals surface area contributed by atoms with E-state index in [-0.39, 0.29) is 6.10 Å². The molecule has 25 heavy (non-hydrogen) atoms. The van der Waals surface area contributed by atoms with Crippen LogP contribution in [0.1, 0.15) is 24.2 Å². The summed E-state index contributed by atoms with van der Waals surface area (Å²) in [6.07, 6.45) is -0.0465. The number of benzene rings is 2.